The maximum absolute atomic E-state index is 6.15. The molecule has 0 fully saturated rings. The van der Waals surface area contributed by atoms with E-state index < -0.39 is 0 Å². The molecule has 6 heteroatoms. The molecule has 0 spiro atoms. The fraction of sp³-hybridized carbons (Fsp3) is 0.0222. The van der Waals surface area contributed by atoms with E-state index in [2.05, 4.69) is 141 Å². The number of methoxy groups -OCH3 is 1. The minimum Gasteiger partial charge on any atom is -0.497 e. The third kappa shape index (κ3) is 6.71. The molecule has 0 atom stereocenters. The summed E-state index contributed by atoms with van der Waals surface area (Å²) in [5, 5.41) is 8.74. The molecule has 1 aromatic heterocycles. The SMILES string of the molecule is COc1ccc(-c2ccc(-c3nnc(-c4ccc(N(c5ccccc5)c5ccc(N(c6ccccc6)c6ccccc6)cc5)cc4)o3)cc2)cc1. The molecule has 0 aliphatic heterocycles. The van der Waals surface area contributed by atoms with Gasteiger partial charge in [0, 0.05) is 45.3 Å². The van der Waals surface area contributed by atoms with Gasteiger partial charge in [-0.3, -0.25) is 0 Å². The number of nitrogens with zero attached hydrogens (tertiary/aromatic N) is 4. The second-order valence-corrected chi connectivity index (χ2v) is 12.0. The quantitative estimate of drug-likeness (QED) is 0.145. The summed E-state index contributed by atoms with van der Waals surface area (Å²) >= 11 is 0. The summed E-state index contributed by atoms with van der Waals surface area (Å²) in [5.74, 6) is 1.77. The number of hydrogen-bond donors (Lipinski definition) is 0. The molecule has 8 aromatic rings. The van der Waals surface area contributed by atoms with Crippen LogP contribution in [0.3, 0.4) is 0 Å². The molecule has 51 heavy (non-hydrogen) atoms. The summed E-state index contributed by atoms with van der Waals surface area (Å²) in [6, 6.07) is 64.3. The molecule has 0 N–H and O–H groups in total. The maximum atomic E-state index is 6.15. The summed E-state index contributed by atoms with van der Waals surface area (Å²) in [4.78, 5) is 4.51. The molecule has 0 radical (unpaired) electrons. The highest BCUT2D eigenvalue weighted by atomic mass is 16.5. The van der Waals surface area contributed by atoms with Crippen molar-refractivity contribution in [3.63, 3.8) is 0 Å². The lowest BCUT2D eigenvalue weighted by atomic mass is 10.0. The van der Waals surface area contributed by atoms with Crippen molar-refractivity contribution in [2.24, 2.45) is 0 Å². The van der Waals surface area contributed by atoms with Crippen LogP contribution in [0, 0.1) is 0 Å². The average molecular weight is 663 g/mol. The third-order valence-corrected chi connectivity index (χ3v) is 8.76. The van der Waals surface area contributed by atoms with Crippen LogP contribution >= 0.6 is 0 Å². The van der Waals surface area contributed by atoms with Crippen LogP contribution in [0.2, 0.25) is 0 Å². The first-order valence-corrected chi connectivity index (χ1v) is 16.8. The van der Waals surface area contributed by atoms with Crippen molar-refractivity contribution in [1.29, 1.82) is 0 Å². The van der Waals surface area contributed by atoms with E-state index in [1.807, 2.05) is 66.7 Å². The van der Waals surface area contributed by atoms with Crippen molar-refractivity contribution < 1.29 is 9.15 Å². The van der Waals surface area contributed by atoms with E-state index in [4.69, 9.17) is 9.15 Å². The highest BCUT2D eigenvalue weighted by Crippen LogP contribution is 2.39. The van der Waals surface area contributed by atoms with Crippen LogP contribution in [0.5, 0.6) is 5.75 Å². The van der Waals surface area contributed by atoms with Crippen molar-refractivity contribution >= 4 is 34.1 Å². The van der Waals surface area contributed by atoms with Crippen LogP contribution in [0.1, 0.15) is 0 Å². The van der Waals surface area contributed by atoms with Gasteiger partial charge in [0.25, 0.3) is 0 Å². The van der Waals surface area contributed by atoms with Crippen LogP contribution in [0.15, 0.2) is 192 Å². The Balaban J connectivity index is 1.06. The van der Waals surface area contributed by atoms with Gasteiger partial charge in [0.15, 0.2) is 0 Å². The van der Waals surface area contributed by atoms with E-state index in [1.165, 1.54) is 0 Å². The van der Waals surface area contributed by atoms with E-state index in [9.17, 15) is 0 Å². The first-order valence-electron chi connectivity index (χ1n) is 16.8. The zero-order valence-corrected chi connectivity index (χ0v) is 28.0. The molecule has 6 nitrogen and oxygen atoms in total. The Morgan fingerprint density at radius 1 is 0.353 bits per heavy atom. The number of aromatic nitrogens is 2. The van der Waals surface area contributed by atoms with Crippen molar-refractivity contribution in [1.82, 2.24) is 10.2 Å². The normalized spacial score (nSPS) is 10.8. The van der Waals surface area contributed by atoms with Gasteiger partial charge >= 0.3 is 0 Å². The Labute approximate surface area is 297 Å². The van der Waals surface area contributed by atoms with Crippen LogP contribution in [-0.2, 0) is 0 Å². The van der Waals surface area contributed by atoms with E-state index in [0.29, 0.717) is 11.8 Å². The Hall–Kier alpha value is -6.92. The Morgan fingerprint density at radius 3 is 1.02 bits per heavy atom. The summed E-state index contributed by atoms with van der Waals surface area (Å²) in [6.07, 6.45) is 0. The second-order valence-electron chi connectivity index (χ2n) is 12.0. The van der Waals surface area contributed by atoms with Gasteiger partial charge in [0.2, 0.25) is 11.8 Å². The van der Waals surface area contributed by atoms with Crippen molar-refractivity contribution in [2.75, 3.05) is 16.9 Å². The molecule has 0 unspecified atom stereocenters. The molecule has 246 valence electrons. The molecule has 0 amide bonds. The van der Waals surface area contributed by atoms with E-state index >= 15 is 0 Å². The lowest BCUT2D eigenvalue weighted by Gasteiger charge is -2.28. The van der Waals surface area contributed by atoms with Gasteiger partial charge in [-0.2, -0.15) is 0 Å². The summed E-state index contributed by atoms with van der Waals surface area (Å²) in [6.45, 7) is 0. The largest absolute Gasteiger partial charge is 0.497 e. The molecule has 1 heterocycles. The third-order valence-electron chi connectivity index (χ3n) is 8.76. The highest BCUT2D eigenvalue weighted by Gasteiger charge is 2.17. The molecule has 7 aromatic carbocycles. The van der Waals surface area contributed by atoms with E-state index in [-0.39, 0.29) is 0 Å². The first-order chi connectivity index (χ1) is 25.2. The summed E-state index contributed by atoms with van der Waals surface area (Å²) in [7, 11) is 1.67. The lowest BCUT2D eigenvalue weighted by molar-refractivity contribution is 0.415. The van der Waals surface area contributed by atoms with E-state index in [0.717, 1.165) is 62.1 Å². The predicted molar refractivity (Wildman–Crippen MR) is 207 cm³/mol. The molecule has 0 saturated heterocycles. The molecule has 0 saturated carbocycles. The summed E-state index contributed by atoms with van der Waals surface area (Å²) in [5.41, 5.74) is 10.3. The average Bonchev–Trinajstić information content (AvgIpc) is 3.71. The van der Waals surface area contributed by atoms with Crippen LogP contribution < -0.4 is 14.5 Å². The zero-order valence-electron chi connectivity index (χ0n) is 28.0. The second kappa shape index (κ2) is 14.3. The number of ether oxygens (including phenoxy) is 1. The standard InChI is InChI=1S/C45H34N4O2/c1-50-43-31-23-34(24-32-43)33-17-19-35(20-18-33)44-46-47-45(51-44)36-21-25-40(26-22-36)49(39-15-9-4-10-16-39)42-29-27-41(28-30-42)48(37-11-5-2-6-12-37)38-13-7-3-8-14-38/h2-32H,1H3. The molecular formula is C45H34N4O2. The molecule has 0 aliphatic carbocycles. The van der Waals surface area contributed by atoms with Gasteiger partial charge in [-0.15, -0.1) is 10.2 Å². The first kappa shape index (κ1) is 31.4. The van der Waals surface area contributed by atoms with Gasteiger partial charge in [-0.1, -0.05) is 78.9 Å². The van der Waals surface area contributed by atoms with Gasteiger partial charge < -0.3 is 19.0 Å². The Bertz CT molecular complexity index is 2270. The summed E-state index contributed by atoms with van der Waals surface area (Å²) < 4.78 is 11.4. The van der Waals surface area contributed by atoms with Crippen LogP contribution in [0.4, 0.5) is 34.1 Å². The number of benzene rings is 7. The van der Waals surface area contributed by atoms with Gasteiger partial charge in [0.1, 0.15) is 5.75 Å². The van der Waals surface area contributed by atoms with Crippen molar-refractivity contribution in [3.8, 4) is 39.8 Å². The van der Waals surface area contributed by atoms with Gasteiger partial charge in [-0.05, 0) is 120 Å². The van der Waals surface area contributed by atoms with Crippen molar-refractivity contribution in [2.45, 2.75) is 0 Å². The fourth-order valence-electron chi connectivity index (χ4n) is 6.17. The molecule has 0 bridgehead atoms. The predicted octanol–water partition coefficient (Wildman–Crippen LogP) is 12.0. The van der Waals surface area contributed by atoms with Gasteiger partial charge in [-0.25, -0.2) is 0 Å². The molecular weight excluding hydrogens is 629 g/mol. The van der Waals surface area contributed by atoms with Crippen molar-refractivity contribution in [3.05, 3.63) is 188 Å². The lowest BCUT2D eigenvalue weighted by Crippen LogP contribution is -2.12. The number of anilines is 6. The number of rotatable bonds is 10. The zero-order chi connectivity index (χ0) is 34.4. The smallest absolute Gasteiger partial charge is 0.248 e. The minimum atomic E-state index is 0.466. The number of para-hydroxylation sites is 3. The highest BCUT2D eigenvalue weighted by molar-refractivity contribution is 5.81. The van der Waals surface area contributed by atoms with E-state index in [1.54, 1.807) is 7.11 Å². The Kier molecular flexibility index (Phi) is 8.78. The fourth-order valence-corrected chi connectivity index (χ4v) is 6.17. The molecule has 8 rings (SSSR count). The number of hydrogen-bond acceptors (Lipinski definition) is 6. The van der Waals surface area contributed by atoms with Gasteiger partial charge in [0.05, 0.1) is 7.11 Å². The van der Waals surface area contributed by atoms with Crippen LogP contribution in [-0.4, -0.2) is 17.3 Å². The minimum absolute atomic E-state index is 0.466. The monoisotopic (exact) mass is 662 g/mol. The topological polar surface area (TPSA) is 54.6 Å². The maximum Gasteiger partial charge on any atom is 0.248 e. The Morgan fingerprint density at radius 2 is 0.647 bits per heavy atom. The molecule has 0 aliphatic rings. The van der Waals surface area contributed by atoms with Crippen LogP contribution in [0.25, 0.3) is 34.0 Å².